The van der Waals surface area contributed by atoms with E-state index in [1.54, 1.807) is 0 Å². The molecular formula is C24H27F4N5O4S. The number of amides is 2. The minimum Gasteiger partial charge on any atom is -0.350 e. The molecule has 1 aliphatic carbocycles. The second-order valence-corrected chi connectivity index (χ2v) is 12.3. The summed E-state index contributed by atoms with van der Waals surface area (Å²) in [6, 6.07) is 2.81. The van der Waals surface area contributed by atoms with Gasteiger partial charge in [-0.15, -0.1) is 0 Å². The summed E-state index contributed by atoms with van der Waals surface area (Å²) < 4.78 is 81.4. The molecular weight excluding hydrogens is 530 g/mol. The van der Waals surface area contributed by atoms with Crippen LogP contribution in [0.25, 0.3) is 0 Å². The molecule has 4 aliphatic rings. The van der Waals surface area contributed by atoms with Gasteiger partial charge >= 0.3 is 6.18 Å². The Kier molecular flexibility index (Phi) is 6.90. The first-order valence-corrected chi connectivity index (χ1v) is 13.9. The zero-order chi connectivity index (χ0) is 27.4. The second-order valence-electron chi connectivity index (χ2n) is 10.4. The molecule has 0 spiro atoms. The zero-order valence-corrected chi connectivity index (χ0v) is 21.1. The van der Waals surface area contributed by atoms with Crippen LogP contribution < -0.4 is 5.32 Å². The maximum absolute atomic E-state index is 14.2. The van der Waals surface area contributed by atoms with E-state index in [-0.39, 0.29) is 42.9 Å². The fourth-order valence-corrected chi connectivity index (χ4v) is 8.05. The van der Waals surface area contributed by atoms with E-state index >= 15 is 0 Å². The van der Waals surface area contributed by atoms with Crippen molar-refractivity contribution in [2.75, 3.05) is 26.2 Å². The van der Waals surface area contributed by atoms with Gasteiger partial charge in [0.1, 0.15) is 11.9 Å². The largest absolute Gasteiger partial charge is 0.416 e. The number of hydrogen-bond acceptors (Lipinski definition) is 5. The Bertz CT molecular complexity index is 1280. The van der Waals surface area contributed by atoms with Crippen molar-refractivity contribution in [2.24, 2.45) is 17.8 Å². The van der Waals surface area contributed by atoms with Crippen LogP contribution >= 0.6 is 0 Å². The third-order valence-corrected chi connectivity index (χ3v) is 10.0. The molecule has 5 rings (SSSR count). The fourth-order valence-electron chi connectivity index (χ4n) is 6.05. The summed E-state index contributed by atoms with van der Waals surface area (Å²) in [5.41, 5.74) is -1.24. The number of likely N-dealkylation sites (tertiary alicyclic amines) is 1. The van der Waals surface area contributed by atoms with Crippen LogP contribution in [0.1, 0.15) is 36.8 Å². The maximum Gasteiger partial charge on any atom is 0.416 e. The van der Waals surface area contributed by atoms with Crippen LogP contribution in [0.15, 0.2) is 18.2 Å². The summed E-state index contributed by atoms with van der Waals surface area (Å²) in [7, 11) is -3.79. The summed E-state index contributed by atoms with van der Waals surface area (Å²) in [6.45, 7) is 0.592. The molecule has 38 heavy (non-hydrogen) atoms. The summed E-state index contributed by atoms with van der Waals surface area (Å²) >= 11 is 0. The predicted molar refractivity (Wildman–Crippen MR) is 124 cm³/mol. The molecule has 4 fully saturated rings. The second kappa shape index (κ2) is 9.77. The highest BCUT2D eigenvalue weighted by Gasteiger charge is 2.55. The molecule has 0 aromatic heterocycles. The van der Waals surface area contributed by atoms with Crippen LogP contribution in [0, 0.1) is 34.9 Å². The molecule has 14 heteroatoms. The first kappa shape index (κ1) is 26.8. The summed E-state index contributed by atoms with van der Waals surface area (Å²) in [5, 5.41) is 11.5. The highest BCUT2D eigenvalue weighted by Crippen LogP contribution is 2.45. The minimum absolute atomic E-state index is 0.0364. The monoisotopic (exact) mass is 557 g/mol. The van der Waals surface area contributed by atoms with E-state index in [1.807, 2.05) is 0 Å². The topological polar surface area (TPSA) is 114 Å². The van der Waals surface area contributed by atoms with Gasteiger partial charge in [-0.05, 0) is 43.7 Å². The lowest BCUT2D eigenvalue weighted by Gasteiger charge is -2.41. The Morgan fingerprint density at radius 1 is 1.16 bits per heavy atom. The lowest BCUT2D eigenvalue weighted by atomic mass is 9.97. The van der Waals surface area contributed by atoms with E-state index in [2.05, 4.69) is 11.4 Å². The van der Waals surface area contributed by atoms with Crippen molar-refractivity contribution in [1.29, 1.82) is 5.26 Å². The average Bonchev–Trinajstić information content (AvgIpc) is 3.57. The number of halogens is 4. The molecule has 1 aromatic rings. The van der Waals surface area contributed by atoms with Crippen molar-refractivity contribution >= 4 is 22.0 Å². The normalized spacial score (nSPS) is 28.3. The summed E-state index contributed by atoms with van der Waals surface area (Å²) in [6.07, 6.45) is -2.67. The molecule has 2 bridgehead atoms. The Hall–Kier alpha value is -2.76. The van der Waals surface area contributed by atoms with Crippen LogP contribution in [0.3, 0.4) is 0 Å². The van der Waals surface area contributed by atoms with Gasteiger partial charge in [0.2, 0.25) is 11.8 Å². The lowest BCUT2D eigenvalue weighted by molar-refractivity contribution is -0.143. The van der Waals surface area contributed by atoms with E-state index < -0.39 is 51.7 Å². The number of nitrogens with zero attached hydrogens (tertiary/aromatic N) is 4. The van der Waals surface area contributed by atoms with Crippen molar-refractivity contribution in [3.63, 3.8) is 0 Å². The number of benzene rings is 1. The van der Waals surface area contributed by atoms with E-state index in [0.29, 0.717) is 44.8 Å². The lowest BCUT2D eigenvalue weighted by Crippen LogP contribution is -2.58. The quantitative estimate of drug-likeness (QED) is 0.537. The molecule has 1 aromatic carbocycles. The molecule has 1 saturated carbocycles. The van der Waals surface area contributed by atoms with Gasteiger partial charge in [0.05, 0.1) is 23.5 Å². The molecule has 2 amide bonds. The van der Waals surface area contributed by atoms with Gasteiger partial charge in [-0.3, -0.25) is 9.59 Å². The summed E-state index contributed by atoms with van der Waals surface area (Å²) in [5.74, 6) is -2.81. The van der Waals surface area contributed by atoms with E-state index in [9.17, 15) is 35.6 Å². The number of fused-ring (bicyclic) bond motifs is 2. The summed E-state index contributed by atoms with van der Waals surface area (Å²) in [4.78, 5) is 27.9. The number of hydrogen-bond donors (Lipinski definition) is 1. The van der Waals surface area contributed by atoms with E-state index in [0.717, 1.165) is 12.1 Å². The Labute approximate surface area is 217 Å². The van der Waals surface area contributed by atoms with Crippen molar-refractivity contribution in [3.05, 3.63) is 35.1 Å². The van der Waals surface area contributed by atoms with Gasteiger partial charge in [-0.25, -0.2) is 4.39 Å². The first-order valence-electron chi connectivity index (χ1n) is 12.5. The Morgan fingerprint density at radius 2 is 1.89 bits per heavy atom. The number of nitrogens with one attached hydrogen (secondary N) is 1. The Morgan fingerprint density at radius 3 is 2.53 bits per heavy atom. The van der Waals surface area contributed by atoms with E-state index in [4.69, 9.17) is 5.26 Å². The first-order chi connectivity index (χ1) is 17.9. The molecule has 4 atom stereocenters. The molecule has 0 radical (unpaired) electrons. The zero-order valence-electron chi connectivity index (χ0n) is 20.3. The number of alkyl halides is 3. The minimum atomic E-state index is -4.68. The van der Waals surface area contributed by atoms with Gasteiger partial charge in [0.25, 0.3) is 10.2 Å². The van der Waals surface area contributed by atoms with Gasteiger partial charge < -0.3 is 10.2 Å². The van der Waals surface area contributed by atoms with Crippen LogP contribution in [0.5, 0.6) is 0 Å². The van der Waals surface area contributed by atoms with Crippen molar-refractivity contribution < 1.29 is 35.6 Å². The van der Waals surface area contributed by atoms with Crippen LogP contribution in [0.2, 0.25) is 0 Å². The highest BCUT2D eigenvalue weighted by molar-refractivity contribution is 7.86. The van der Waals surface area contributed by atoms with Gasteiger partial charge in [0.15, 0.2) is 0 Å². The van der Waals surface area contributed by atoms with Crippen LogP contribution in [-0.4, -0.2) is 72.0 Å². The van der Waals surface area contributed by atoms with Crippen LogP contribution in [-0.2, 0) is 32.5 Å². The maximum atomic E-state index is 14.2. The number of nitriles is 1. The molecule has 1 N–H and O–H groups in total. The highest BCUT2D eigenvalue weighted by atomic mass is 32.2. The third kappa shape index (κ3) is 4.76. The number of piperidine rings is 1. The number of carbonyl (C=O) groups excluding carboxylic acids is 2. The molecule has 3 saturated heterocycles. The SMILES string of the molecule is N#CC1CN(S(=O)(=O)N2C[C@H]3C[C@H](C(=O)N4CCC[C@@H]4C(=O)NCc4ccc(C(F)(F)F)cc4F)[C@@H]2C3)C1. The van der Waals surface area contributed by atoms with Gasteiger partial charge in [0, 0.05) is 44.3 Å². The van der Waals surface area contributed by atoms with Crippen LogP contribution in [0.4, 0.5) is 17.6 Å². The molecule has 206 valence electrons. The fraction of sp³-hybridized carbons (Fsp3) is 0.625. The van der Waals surface area contributed by atoms with E-state index in [1.165, 1.54) is 13.5 Å². The molecule has 3 aliphatic heterocycles. The standard InChI is InChI=1S/C24H27F4N5O4S/c25-19-8-17(24(26,27)28)4-3-16(19)10-30-22(34)20-2-1-5-32(20)23(35)18-6-14-7-21(18)33(13-14)38(36,37)31-11-15(9-29)12-31/h3-4,8,14-15,18,20-21H,1-2,5-7,10-13H2,(H,30,34)/t14-,18-,20+,21-/m0/s1. The van der Waals surface area contributed by atoms with Crippen molar-refractivity contribution in [3.8, 4) is 6.07 Å². The smallest absolute Gasteiger partial charge is 0.350 e. The molecule has 3 heterocycles. The third-order valence-electron chi connectivity index (χ3n) is 8.08. The van der Waals surface area contributed by atoms with Gasteiger partial charge in [-0.2, -0.15) is 35.5 Å². The molecule has 0 unspecified atom stereocenters. The molecule has 9 nitrogen and oxygen atoms in total. The predicted octanol–water partition coefficient (Wildman–Crippen LogP) is 1.86. The average molecular weight is 558 g/mol. The van der Waals surface area contributed by atoms with Crippen molar-refractivity contribution in [2.45, 2.75) is 50.5 Å². The Balaban J connectivity index is 1.22. The van der Waals surface area contributed by atoms with Gasteiger partial charge in [-0.1, -0.05) is 6.07 Å². The van der Waals surface area contributed by atoms with Crippen molar-refractivity contribution in [1.82, 2.24) is 18.8 Å². The number of rotatable bonds is 6. The number of carbonyl (C=O) groups is 2.